The maximum absolute atomic E-state index is 11.2. The first-order chi connectivity index (χ1) is 9.88. The third-order valence-electron chi connectivity index (χ3n) is 2.69. The van der Waals surface area contributed by atoms with Gasteiger partial charge in [0.1, 0.15) is 17.6 Å². The molecule has 8 heteroatoms. The van der Waals surface area contributed by atoms with Gasteiger partial charge in [-0.3, -0.25) is 10.1 Å². The summed E-state index contributed by atoms with van der Waals surface area (Å²) in [4.78, 5) is 24.9. The molecule has 0 saturated heterocycles. The number of rotatable bonds is 4. The molecule has 1 heterocycles. The Labute approximate surface area is 124 Å². The van der Waals surface area contributed by atoms with Crippen LogP contribution < -0.4 is 5.32 Å². The van der Waals surface area contributed by atoms with Crippen LogP contribution in [0.15, 0.2) is 30.5 Å². The van der Waals surface area contributed by atoms with Crippen LogP contribution in [0.25, 0.3) is 0 Å². The van der Waals surface area contributed by atoms with Gasteiger partial charge >= 0.3 is 5.97 Å². The molecule has 0 aliphatic rings. The highest BCUT2D eigenvalue weighted by Gasteiger charge is 2.18. The molecule has 0 aliphatic carbocycles. The first kappa shape index (κ1) is 14.7. The van der Waals surface area contributed by atoms with Crippen molar-refractivity contribution in [1.29, 1.82) is 0 Å². The molecule has 2 rings (SSSR count). The second-order valence-corrected chi connectivity index (χ2v) is 4.67. The smallest absolute Gasteiger partial charge is 0.339 e. The average molecular weight is 308 g/mol. The normalized spacial score (nSPS) is 10.2. The lowest BCUT2D eigenvalue weighted by Crippen LogP contribution is -2.06. The number of nitro groups is 1. The summed E-state index contributed by atoms with van der Waals surface area (Å²) in [6.07, 6.45) is 0.983. The minimum absolute atomic E-state index is 0.0150. The highest BCUT2D eigenvalue weighted by molar-refractivity contribution is 6.33. The first-order valence-corrected chi connectivity index (χ1v) is 6.17. The van der Waals surface area contributed by atoms with E-state index in [2.05, 4.69) is 10.3 Å². The molecule has 0 atom stereocenters. The molecule has 7 nitrogen and oxygen atoms in total. The summed E-state index contributed by atoms with van der Waals surface area (Å²) in [5, 5.41) is 23.0. The number of nitrogens with zero attached hydrogens (tertiary/aromatic N) is 2. The predicted molar refractivity (Wildman–Crippen MR) is 77.3 cm³/mol. The fourth-order valence-electron chi connectivity index (χ4n) is 1.67. The third kappa shape index (κ3) is 3.26. The molecule has 21 heavy (non-hydrogen) atoms. The number of pyridine rings is 1. The van der Waals surface area contributed by atoms with Gasteiger partial charge in [0.05, 0.1) is 15.6 Å². The van der Waals surface area contributed by atoms with Gasteiger partial charge in [-0.1, -0.05) is 17.7 Å². The highest BCUT2D eigenvalue weighted by atomic mass is 35.5. The molecule has 108 valence electrons. The number of aryl methyl sites for hydroxylation is 1. The van der Waals surface area contributed by atoms with E-state index in [9.17, 15) is 14.9 Å². The van der Waals surface area contributed by atoms with Gasteiger partial charge in [0, 0.05) is 6.07 Å². The van der Waals surface area contributed by atoms with E-state index < -0.39 is 16.6 Å². The molecule has 0 amide bonds. The average Bonchev–Trinajstić information content (AvgIpc) is 2.41. The number of benzene rings is 1. The molecule has 0 aliphatic heterocycles. The summed E-state index contributed by atoms with van der Waals surface area (Å²) in [5.74, 6) is -1.34. The molecule has 0 saturated carbocycles. The quantitative estimate of drug-likeness (QED) is 0.662. The number of halogens is 1. The Balaban J connectivity index is 2.44. The number of hydrogen-bond acceptors (Lipinski definition) is 5. The number of hydrogen-bond donors (Lipinski definition) is 2. The largest absolute Gasteiger partial charge is 0.478 e. The monoisotopic (exact) mass is 307 g/mol. The maximum Gasteiger partial charge on any atom is 0.339 e. The Kier molecular flexibility index (Phi) is 4.04. The molecule has 1 aromatic carbocycles. The maximum atomic E-state index is 11.2. The second kappa shape index (κ2) is 5.76. The van der Waals surface area contributed by atoms with Crippen molar-refractivity contribution in [3.63, 3.8) is 0 Å². The van der Waals surface area contributed by atoms with E-state index in [4.69, 9.17) is 16.7 Å². The predicted octanol–water partition coefficient (Wildman–Crippen LogP) is 3.39. The highest BCUT2D eigenvalue weighted by Crippen LogP contribution is 2.28. The van der Waals surface area contributed by atoms with Gasteiger partial charge in [0.25, 0.3) is 5.69 Å². The van der Waals surface area contributed by atoms with E-state index in [-0.39, 0.29) is 11.4 Å². The minimum Gasteiger partial charge on any atom is -0.478 e. The number of nitrogens with one attached hydrogen (secondary N) is 1. The summed E-state index contributed by atoms with van der Waals surface area (Å²) >= 11 is 6.05. The van der Waals surface area contributed by atoms with Crippen molar-refractivity contribution in [1.82, 2.24) is 4.98 Å². The summed E-state index contributed by atoms with van der Waals surface area (Å²) in [6, 6.07) is 6.11. The molecule has 0 fully saturated rings. The second-order valence-electron chi connectivity index (χ2n) is 4.26. The Bertz CT molecular complexity index is 733. The van der Waals surface area contributed by atoms with Gasteiger partial charge in [0.2, 0.25) is 0 Å². The van der Waals surface area contributed by atoms with Crippen LogP contribution in [0.5, 0.6) is 0 Å². The van der Waals surface area contributed by atoms with Crippen LogP contribution in [0, 0.1) is 17.0 Å². The Morgan fingerprint density at radius 2 is 2.14 bits per heavy atom. The van der Waals surface area contributed by atoms with E-state index in [1.165, 1.54) is 0 Å². The van der Waals surface area contributed by atoms with Crippen molar-refractivity contribution in [2.75, 3.05) is 5.32 Å². The van der Waals surface area contributed by atoms with E-state index in [1.807, 2.05) is 6.92 Å². The van der Waals surface area contributed by atoms with Crippen molar-refractivity contribution in [3.05, 3.63) is 56.7 Å². The van der Waals surface area contributed by atoms with Crippen LogP contribution >= 0.6 is 11.6 Å². The summed E-state index contributed by atoms with van der Waals surface area (Å²) in [6.45, 7) is 1.86. The Hall–Kier alpha value is -2.67. The standard InChI is InChI=1S/C13H10ClN3O4/c1-7-2-3-11(10(14)4-7)16-12-9(13(18)19)5-8(6-15-12)17(20)21/h2-6H,1H3,(H,15,16)(H,18,19). The van der Waals surface area contributed by atoms with Crippen LogP contribution in [0.4, 0.5) is 17.2 Å². The molecule has 2 aromatic rings. The van der Waals surface area contributed by atoms with Crippen LogP contribution in [-0.4, -0.2) is 21.0 Å². The summed E-state index contributed by atoms with van der Waals surface area (Å²) < 4.78 is 0. The SMILES string of the molecule is Cc1ccc(Nc2ncc([N+](=O)[O-])cc2C(=O)O)c(Cl)c1. The fourth-order valence-corrected chi connectivity index (χ4v) is 1.95. The number of carbonyl (C=O) groups is 1. The van der Waals surface area contributed by atoms with Crippen molar-refractivity contribution in [3.8, 4) is 0 Å². The lowest BCUT2D eigenvalue weighted by Gasteiger charge is -2.10. The zero-order chi connectivity index (χ0) is 15.6. The minimum atomic E-state index is -1.32. The number of carboxylic acid groups (broad SMARTS) is 1. The first-order valence-electron chi connectivity index (χ1n) is 5.79. The third-order valence-corrected chi connectivity index (χ3v) is 3.00. The van der Waals surface area contributed by atoms with E-state index in [0.717, 1.165) is 17.8 Å². The van der Waals surface area contributed by atoms with Gasteiger partial charge in [-0.25, -0.2) is 9.78 Å². The zero-order valence-electron chi connectivity index (χ0n) is 10.8. The van der Waals surface area contributed by atoms with Crippen LogP contribution in [-0.2, 0) is 0 Å². The molecular weight excluding hydrogens is 298 g/mol. The number of carboxylic acids is 1. The fraction of sp³-hybridized carbons (Fsp3) is 0.0769. The van der Waals surface area contributed by atoms with Crippen molar-refractivity contribution in [2.24, 2.45) is 0 Å². The number of aromatic nitrogens is 1. The lowest BCUT2D eigenvalue weighted by atomic mass is 10.2. The molecule has 1 aromatic heterocycles. The summed E-state index contributed by atoms with van der Waals surface area (Å²) in [5.41, 5.74) is 0.709. The Morgan fingerprint density at radius 3 is 2.71 bits per heavy atom. The van der Waals surface area contributed by atoms with Gasteiger partial charge in [-0.2, -0.15) is 0 Å². The van der Waals surface area contributed by atoms with Crippen molar-refractivity contribution in [2.45, 2.75) is 6.92 Å². The van der Waals surface area contributed by atoms with E-state index in [0.29, 0.717) is 10.7 Å². The van der Waals surface area contributed by atoms with Crippen LogP contribution in [0.3, 0.4) is 0 Å². The topological polar surface area (TPSA) is 105 Å². The van der Waals surface area contributed by atoms with Crippen LogP contribution in [0.1, 0.15) is 15.9 Å². The van der Waals surface area contributed by atoms with Crippen LogP contribution in [0.2, 0.25) is 5.02 Å². The molecule has 0 unspecified atom stereocenters. The number of anilines is 2. The van der Waals surface area contributed by atoms with Crippen molar-refractivity contribution < 1.29 is 14.8 Å². The number of aromatic carboxylic acids is 1. The van der Waals surface area contributed by atoms with Gasteiger partial charge in [0.15, 0.2) is 0 Å². The molecule has 0 bridgehead atoms. The van der Waals surface area contributed by atoms with Crippen molar-refractivity contribution >= 4 is 34.8 Å². The molecule has 0 spiro atoms. The molecular formula is C13H10ClN3O4. The van der Waals surface area contributed by atoms with E-state index >= 15 is 0 Å². The zero-order valence-corrected chi connectivity index (χ0v) is 11.6. The van der Waals surface area contributed by atoms with E-state index in [1.54, 1.807) is 18.2 Å². The lowest BCUT2D eigenvalue weighted by molar-refractivity contribution is -0.385. The molecule has 0 radical (unpaired) electrons. The summed E-state index contributed by atoms with van der Waals surface area (Å²) in [7, 11) is 0. The van der Waals surface area contributed by atoms with Gasteiger partial charge in [-0.05, 0) is 24.6 Å². The Morgan fingerprint density at radius 1 is 1.43 bits per heavy atom. The van der Waals surface area contributed by atoms with Gasteiger partial charge < -0.3 is 10.4 Å². The molecule has 2 N–H and O–H groups in total. The van der Waals surface area contributed by atoms with Gasteiger partial charge in [-0.15, -0.1) is 0 Å².